The minimum atomic E-state index is -1.09. The van der Waals surface area contributed by atoms with E-state index in [0.717, 1.165) is 36.8 Å². The Kier molecular flexibility index (Phi) is 2.50. The number of carbonyl (C=O) groups excluding carboxylic acids is 1. The molecule has 0 radical (unpaired) electrons. The Hall–Kier alpha value is -0.970. The highest BCUT2D eigenvalue weighted by Crippen LogP contribution is 2.34. The first-order chi connectivity index (χ1) is 6.70. The number of thioether (sulfide) groups is 1. The van der Waals surface area contributed by atoms with Gasteiger partial charge in [0, 0.05) is 18.8 Å². The Balaban J connectivity index is 2.29. The minimum absolute atomic E-state index is 0.311. The molecule has 0 atom stereocenters. The van der Waals surface area contributed by atoms with Crippen LogP contribution in [0.1, 0.15) is 19.8 Å². The van der Waals surface area contributed by atoms with Crippen LogP contribution in [0.5, 0.6) is 0 Å². The lowest BCUT2D eigenvalue weighted by atomic mass is 10.3. The molecule has 76 valence electrons. The van der Waals surface area contributed by atoms with Crippen LogP contribution in [-0.4, -0.2) is 29.1 Å². The van der Waals surface area contributed by atoms with Crippen molar-refractivity contribution in [3.8, 4) is 0 Å². The summed E-state index contributed by atoms with van der Waals surface area (Å²) < 4.78 is 0. The number of aliphatic imine (C=N–C) groups is 1. The highest BCUT2D eigenvalue weighted by atomic mass is 32.2. The lowest BCUT2D eigenvalue weighted by molar-refractivity contribution is -0.298. The van der Waals surface area contributed by atoms with Crippen molar-refractivity contribution in [1.82, 2.24) is 4.90 Å². The summed E-state index contributed by atoms with van der Waals surface area (Å²) in [7, 11) is 0. The number of hydrogen-bond donors (Lipinski definition) is 0. The molecule has 5 heteroatoms. The molecule has 0 aliphatic carbocycles. The second kappa shape index (κ2) is 3.65. The molecule has 0 amide bonds. The summed E-state index contributed by atoms with van der Waals surface area (Å²) in [6, 6.07) is 0. The molecule has 0 N–H and O–H groups in total. The number of carboxylic acids is 1. The Morgan fingerprint density at radius 2 is 2.36 bits per heavy atom. The van der Waals surface area contributed by atoms with Crippen molar-refractivity contribution < 1.29 is 9.90 Å². The average molecular weight is 211 g/mol. The maximum absolute atomic E-state index is 10.8. The number of nitrogens with zero attached hydrogens (tertiary/aromatic N) is 2. The van der Waals surface area contributed by atoms with Gasteiger partial charge >= 0.3 is 0 Å². The molecule has 0 aromatic carbocycles. The van der Waals surface area contributed by atoms with Crippen molar-refractivity contribution in [2.45, 2.75) is 19.8 Å². The summed E-state index contributed by atoms with van der Waals surface area (Å²) in [5.41, 5.74) is 0.774. The Bertz CT molecular complexity index is 336. The van der Waals surface area contributed by atoms with Crippen molar-refractivity contribution in [3.05, 3.63) is 10.6 Å². The summed E-state index contributed by atoms with van der Waals surface area (Å²) in [4.78, 5) is 17.4. The smallest absolute Gasteiger partial charge is 0.168 e. The zero-order valence-corrected chi connectivity index (χ0v) is 8.76. The number of fused-ring (bicyclic) bond motifs is 1. The highest BCUT2D eigenvalue weighted by Gasteiger charge is 2.27. The second-order valence-corrected chi connectivity index (χ2v) is 4.30. The van der Waals surface area contributed by atoms with Gasteiger partial charge in [-0.1, -0.05) is 0 Å². The van der Waals surface area contributed by atoms with Crippen LogP contribution in [0.2, 0.25) is 0 Å². The molecule has 0 aromatic heterocycles. The van der Waals surface area contributed by atoms with Gasteiger partial charge in [-0.05, 0) is 31.5 Å². The number of hydrogen-bond acceptors (Lipinski definition) is 5. The van der Waals surface area contributed by atoms with Crippen LogP contribution in [0, 0.1) is 0 Å². The Morgan fingerprint density at radius 1 is 1.57 bits per heavy atom. The number of carbonyl (C=O) groups is 1. The quantitative estimate of drug-likeness (QED) is 0.620. The van der Waals surface area contributed by atoms with E-state index in [4.69, 9.17) is 0 Å². The molecule has 0 spiro atoms. The average Bonchev–Trinajstić information content (AvgIpc) is 2.37. The lowest BCUT2D eigenvalue weighted by Crippen LogP contribution is -2.25. The molecular formula is C9H11N2O2S-. The molecule has 2 aliphatic heterocycles. The van der Waals surface area contributed by atoms with E-state index in [1.807, 2.05) is 11.8 Å². The van der Waals surface area contributed by atoms with E-state index >= 15 is 0 Å². The summed E-state index contributed by atoms with van der Waals surface area (Å²) in [6.45, 7) is 3.48. The number of amidine groups is 1. The van der Waals surface area contributed by atoms with Crippen molar-refractivity contribution in [3.63, 3.8) is 0 Å². The first kappa shape index (κ1) is 9.58. The second-order valence-electron chi connectivity index (χ2n) is 3.33. The van der Waals surface area contributed by atoms with Gasteiger partial charge in [-0.15, -0.1) is 0 Å². The predicted octanol–water partition coefficient (Wildman–Crippen LogP) is 0.166. The van der Waals surface area contributed by atoms with Crippen LogP contribution in [0.25, 0.3) is 0 Å². The third-order valence-electron chi connectivity index (χ3n) is 2.38. The van der Waals surface area contributed by atoms with Gasteiger partial charge in [0.05, 0.1) is 10.9 Å². The minimum Gasteiger partial charge on any atom is -0.544 e. The van der Waals surface area contributed by atoms with E-state index in [9.17, 15) is 9.90 Å². The van der Waals surface area contributed by atoms with Gasteiger partial charge in [0.15, 0.2) is 5.17 Å². The van der Waals surface area contributed by atoms with E-state index in [0.29, 0.717) is 4.91 Å². The first-order valence-electron chi connectivity index (χ1n) is 4.62. The van der Waals surface area contributed by atoms with Crippen LogP contribution in [0.4, 0.5) is 0 Å². The fraction of sp³-hybridized carbons (Fsp3) is 0.556. The van der Waals surface area contributed by atoms with E-state index in [-0.39, 0.29) is 0 Å². The maximum atomic E-state index is 10.8. The number of aliphatic carboxylic acids is 1. The summed E-state index contributed by atoms with van der Waals surface area (Å²) >= 11 is 1.22. The fourth-order valence-electron chi connectivity index (χ4n) is 1.61. The number of allylic oxidation sites excluding steroid dienone is 1. The Labute approximate surface area is 86.7 Å². The molecule has 0 fully saturated rings. The summed E-state index contributed by atoms with van der Waals surface area (Å²) in [5, 5.41) is 11.6. The monoisotopic (exact) mass is 211 g/mol. The van der Waals surface area contributed by atoms with E-state index in [2.05, 4.69) is 4.99 Å². The van der Waals surface area contributed by atoms with Crippen LogP contribution in [0.15, 0.2) is 15.6 Å². The van der Waals surface area contributed by atoms with Gasteiger partial charge in [-0.2, -0.15) is 0 Å². The third kappa shape index (κ3) is 1.52. The topological polar surface area (TPSA) is 55.7 Å². The molecule has 2 rings (SSSR count). The fourth-order valence-corrected chi connectivity index (χ4v) is 2.63. The zero-order valence-electron chi connectivity index (χ0n) is 7.95. The molecule has 4 nitrogen and oxygen atoms in total. The Morgan fingerprint density at radius 3 is 3.07 bits per heavy atom. The standard InChI is InChI=1S/C9H12N2O2S/c1-6-7(8(12)13)14-9-10-4-2-3-5-11(6)9/h2-5H2,1H3,(H,12,13)/p-1. The van der Waals surface area contributed by atoms with Gasteiger partial charge in [-0.3, -0.25) is 4.99 Å². The van der Waals surface area contributed by atoms with Crippen molar-refractivity contribution in [2.24, 2.45) is 4.99 Å². The van der Waals surface area contributed by atoms with Gasteiger partial charge in [0.2, 0.25) is 0 Å². The normalized spacial score (nSPS) is 21.8. The van der Waals surface area contributed by atoms with Crippen LogP contribution in [-0.2, 0) is 4.79 Å². The van der Waals surface area contributed by atoms with Crippen molar-refractivity contribution >= 4 is 22.9 Å². The lowest BCUT2D eigenvalue weighted by Gasteiger charge is -2.17. The van der Waals surface area contributed by atoms with Gasteiger partial charge in [0.1, 0.15) is 0 Å². The van der Waals surface area contributed by atoms with Crippen LogP contribution in [0.3, 0.4) is 0 Å². The molecular weight excluding hydrogens is 200 g/mol. The highest BCUT2D eigenvalue weighted by molar-refractivity contribution is 8.18. The molecule has 2 heterocycles. The maximum Gasteiger partial charge on any atom is 0.168 e. The predicted molar refractivity (Wildman–Crippen MR) is 53.5 cm³/mol. The van der Waals surface area contributed by atoms with Gasteiger partial charge in [0.25, 0.3) is 0 Å². The SMILES string of the molecule is CC1=C(C(=O)[O-])SC2=NCCCCN21. The molecule has 0 bridgehead atoms. The van der Waals surface area contributed by atoms with Gasteiger partial charge < -0.3 is 14.8 Å². The zero-order chi connectivity index (χ0) is 10.1. The largest absolute Gasteiger partial charge is 0.544 e. The van der Waals surface area contributed by atoms with Gasteiger partial charge in [-0.25, -0.2) is 0 Å². The van der Waals surface area contributed by atoms with Crippen LogP contribution < -0.4 is 5.11 Å². The third-order valence-corrected chi connectivity index (χ3v) is 3.58. The molecule has 14 heavy (non-hydrogen) atoms. The molecule has 0 saturated heterocycles. The number of rotatable bonds is 1. The van der Waals surface area contributed by atoms with Crippen molar-refractivity contribution in [2.75, 3.05) is 13.1 Å². The number of carboxylic acid groups (broad SMARTS) is 1. The molecule has 0 aromatic rings. The summed E-state index contributed by atoms with van der Waals surface area (Å²) in [5.74, 6) is -1.09. The summed E-state index contributed by atoms with van der Waals surface area (Å²) in [6.07, 6.45) is 2.14. The molecule has 0 saturated carbocycles. The van der Waals surface area contributed by atoms with E-state index in [1.54, 1.807) is 0 Å². The molecule has 2 aliphatic rings. The van der Waals surface area contributed by atoms with Crippen molar-refractivity contribution in [1.29, 1.82) is 0 Å². The molecule has 0 unspecified atom stereocenters. The van der Waals surface area contributed by atoms with E-state index < -0.39 is 5.97 Å². The first-order valence-corrected chi connectivity index (χ1v) is 5.44. The van der Waals surface area contributed by atoms with Crippen LogP contribution >= 0.6 is 11.8 Å². The van der Waals surface area contributed by atoms with E-state index in [1.165, 1.54) is 11.8 Å².